The third kappa shape index (κ3) is 2.42. The Labute approximate surface area is 131 Å². The number of anilines is 1. The van der Waals surface area contributed by atoms with E-state index in [1.807, 2.05) is 41.3 Å². The van der Waals surface area contributed by atoms with E-state index in [-0.39, 0.29) is 11.9 Å². The molecular formula is C16H14N4OS. The third-order valence-electron chi connectivity index (χ3n) is 3.74. The zero-order valence-electron chi connectivity index (χ0n) is 11.8. The molecule has 3 aromatic rings. The van der Waals surface area contributed by atoms with Crippen LogP contribution in [0.5, 0.6) is 0 Å². The minimum absolute atomic E-state index is 0.113. The van der Waals surface area contributed by atoms with Crippen LogP contribution < -0.4 is 5.32 Å². The third-order valence-corrected chi connectivity index (χ3v) is 4.84. The van der Waals surface area contributed by atoms with Gasteiger partial charge in [-0.2, -0.15) is 0 Å². The minimum Gasteiger partial charge on any atom is -0.364 e. The van der Waals surface area contributed by atoms with E-state index in [0.717, 1.165) is 20.8 Å². The molecule has 2 aromatic heterocycles. The lowest BCUT2D eigenvalue weighted by Gasteiger charge is -2.39. The monoisotopic (exact) mass is 310 g/mol. The van der Waals surface area contributed by atoms with Crippen molar-refractivity contribution in [2.45, 2.75) is 6.04 Å². The van der Waals surface area contributed by atoms with Crippen molar-refractivity contribution in [3.63, 3.8) is 0 Å². The molecule has 22 heavy (non-hydrogen) atoms. The Morgan fingerprint density at radius 2 is 2.14 bits per heavy atom. The molecule has 1 aliphatic rings. The summed E-state index contributed by atoms with van der Waals surface area (Å²) in [5.74, 6) is 0.913. The zero-order chi connectivity index (χ0) is 14.9. The standard InChI is InChI=1S/C16H14N4OS/c21-16(14-7-11-3-1-2-4-13(11)22-14)20-8-12(9-20)19-15-5-6-17-10-18-15/h1-7,10,12H,8-9H2,(H,17,18,19). The van der Waals surface area contributed by atoms with Crippen molar-refractivity contribution in [3.8, 4) is 0 Å². The van der Waals surface area contributed by atoms with Crippen LogP contribution in [-0.4, -0.2) is 39.9 Å². The lowest BCUT2D eigenvalue weighted by atomic mass is 10.1. The summed E-state index contributed by atoms with van der Waals surface area (Å²) >= 11 is 1.56. The van der Waals surface area contributed by atoms with Crippen LogP contribution in [0.2, 0.25) is 0 Å². The number of carbonyl (C=O) groups excluding carboxylic acids is 1. The van der Waals surface area contributed by atoms with Gasteiger partial charge in [0.1, 0.15) is 12.1 Å². The van der Waals surface area contributed by atoms with Gasteiger partial charge in [0.2, 0.25) is 0 Å². The molecule has 1 aliphatic heterocycles. The van der Waals surface area contributed by atoms with Gasteiger partial charge in [-0.05, 0) is 23.6 Å². The van der Waals surface area contributed by atoms with E-state index < -0.39 is 0 Å². The lowest BCUT2D eigenvalue weighted by Crippen LogP contribution is -2.56. The van der Waals surface area contributed by atoms with Crippen molar-refractivity contribution in [1.29, 1.82) is 0 Å². The number of aromatic nitrogens is 2. The minimum atomic E-state index is 0.113. The second kappa shape index (κ2) is 5.38. The summed E-state index contributed by atoms with van der Waals surface area (Å²) in [7, 11) is 0. The summed E-state index contributed by atoms with van der Waals surface area (Å²) < 4.78 is 1.15. The second-order valence-corrected chi connectivity index (χ2v) is 6.38. The molecule has 6 heteroatoms. The van der Waals surface area contributed by atoms with Gasteiger partial charge in [0.05, 0.1) is 10.9 Å². The van der Waals surface area contributed by atoms with Crippen LogP contribution in [0.15, 0.2) is 48.9 Å². The lowest BCUT2D eigenvalue weighted by molar-refractivity contribution is 0.0630. The molecule has 4 rings (SSSR count). The molecule has 1 saturated heterocycles. The molecule has 1 fully saturated rings. The molecular weight excluding hydrogens is 296 g/mol. The molecule has 0 spiro atoms. The average Bonchev–Trinajstić information content (AvgIpc) is 2.95. The van der Waals surface area contributed by atoms with Crippen LogP contribution in [0.3, 0.4) is 0 Å². The Morgan fingerprint density at radius 1 is 1.27 bits per heavy atom. The highest BCUT2D eigenvalue weighted by Crippen LogP contribution is 2.27. The smallest absolute Gasteiger partial charge is 0.264 e. The Balaban J connectivity index is 1.41. The second-order valence-electron chi connectivity index (χ2n) is 5.29. The highest BCUT2D eigenvalue weighted by Gasteiger charge is 2.32. The zero-order valence-corrected chi connectivity index (χ0v) is 12.6. The van der Waals surface area contributed by atoms with Gasteiger partial charge in [-0.3, -0.25) is 4.79 Å². The molecule has 110 valence electrons. The van der Waals surface area contributed by atoms with E-state index in [1.165, 1.54) is 6.33 Å². The maximum Gasteiger partial charge on any atom is 0.264 e. The number of nitrogens with zero attached hydrogens (tertiary/aromatic N) is 3. The van der Waals surface area contributed by atoms with Gasteiger partial charge in [-0.25, -0.2) is 9.97 Å². The number of carbonyl (C=O) groups is 1. The molecule has 3 heterocycles. The normalized spacial score (nSPS) is 14.8. The van der Waals surface area contributed by atoms with E-state index in [4.69, 9.17) is 0 Å². The summed E-state index contributed by atoms with van der Waals surface area (Å²) in [6.07, 6.45) is 3.22. The summed E-state index contributed by atoms with van der Waals surface area (Å²) in [5, 5.41) is 4.43. The van der Waals surface area contributed by atoms with E-state index in [2.05, 4.69) is 15.3 Å². The topological polar surface area (TPSA) is 58.1 Å². The van der Waals surface area contributed by atoms with Gasteiger partial charge in [-0.15, -0.1) is 11.3 Å². The van der Waals surface area contributed by atoms with Crippen LogP contribution >= 0.6 is 11.3 Å². The first-order valence-corrected chi connectivity index (χ1v) is 7.92. The van der Waals surface area contributed by atoms with E-state index >= 15 is 0 Å². The van der Waals surface area contributed by atoms with Crippen LogP contribution in [0.25, 0.3) is 10.1 Å². The van der Waals surface area contributed by atoms with Crippen molar-refractivity contribution >= 4 is 33.1 Å². The number of hydrogen-bond acceptors (Lipinski definition) is 5. The predicted octanol–water partition coefficient (Wildman–Crippen LogP) is 2.63. The molecule has 1 amide bonds. The van der Waals surface area contributed by atoms with Crippen LogP contribution in [-0.2, 0) is 0 Å². The first-order valence-electron chi connectivity index (χ1n) is 7.10. The largest absolute Gasteiger partial charge is 0.364 e. The van der Waals surface area contributed by atoms with Gasteiger partial charge in [0, 0.05) is 24.0 Å². The number of likely N-dealkylation sites (tertiary alicyclic amines) is 1. The summed E-state index contributed by atoms with van der Waals surface area (Å²) in [6, 6.07) is 12.1. The Hall–Kier alpha value is -2.47. The van der Waals surface area contributed by atoms with Crippen molar-refractivity contribution < 1.29 is 4.79 Å². The Bertz CT molecular complexity index is 778. The fourth-order valence-corrected chi connectivity index (χ4v) is 3.59. The SMILES string of the molecule is O=C(c1cc2ccccc2s1)N1CC(Nc2ccncn2)C1. The molecule has 0 bridgehead atoms. The van der Waals surface area contributed by atoms with Gasteiger partial charge in [-0.1, -0.05) is 18.2 Å². The van der Waals surface area contributed by atoms with Crippen LogP contribution in [0.1, 0.15) is 9.67 Å². The molecule has 1 N–H and O–H groups in total. The summed E-state index contributed by atoms with van der Waals surface area (Å²) in [6.45, 7) is 1.41. The summed E-state index contributed by atoms with van der Waals surface area (Å²) in [5.41, 5.74) is 0. The number of benzene rings is 1. The highest BCUT2D eigenvalue weighted by molar-refractivity contribution is 7.20. The number of amides is 1. The van der Waals surface area contributed by atoms with Crippen molar-refractivity contribution in [1.82, 2.24) is 14.9 Å². The van der Waals surface area contributed by atoms with Crippen LogP contribution in [0.4, 0.5) is 5.82 Å². The Morgan fingerprint density at radius 3 is 2.91 bits per heavy atom. The fourth-order valence-electron chi connectivity index (χ4n) is 2.56. The quantitative estimate of drug-likeness (QED) is 0.808. The molecule has 0 atom stereocenters. The number of fused-ring (bicyclic) bond motifs is 1. The fraction of sp³-hybridized carbons (Fsp3) is 0.188. The molecule has 0 aliphatic carbocycles. The number of hydrogen-bond donors (Lipinski definition) is 1. The molecule has 1 aromatic carbocycles. The van der Waals surface area contributed by atoms with Crippen molar-refractivity contribution in [3.05, 3.63) is 53.8 Å². The molecule has 0 unspecified atom stereocenters. The van der Waals surface area contributed by atoms with Crippen LogP contribution in [0, 0.1) is 0 Å². The number of thiophene rings is 1. The van der Waals surface area contributed by atoms with E-state index in [0.29, 0.717) is 13.1 Å². The first kappa shape index (κ1) is 13.2. The molecule has 0 radical (unpaired) electrons. The van der Waals surface area contributed by atoms with E-state index in [1.54, 1.807) is 17.5 Å². The maximum atomic E-state index is 12.5. The Kier molecular flexibility index (Phi) is 3.23. The summed E-state index contributed by atoms with van der Waals surface area (Å²) in [4.78, 5) is 23.2. The average molecular weight is 310 g/mol. The van der Waals surface area contributed by atoms with Crippen molar-refractivity contribution in [2.75, 3.05) is 18.4 Å². The predicted molar refractivity (Wildman–Crippen MR) is 87.2 cm³/mol. The number of rotatable bonds is 3. The highest BCUT2D eigenvalue weighted by atomic mass is 32.1. The maximum absolute atomic E-state index is 12.5. The molecule has 0 saturated carbocycles. The number of nitrogens with one attached hydrogen (secondary N) is 1. The molecule has 5 nitrogen and oxygen atoms in total. The van der Waals surface area contributed by atoms with Gasteiger partial charge in [0.15, 0.2) is 0 Å². The van der Waals surface area contributed by atoms with Crippen molar-refractivity contribution in [2.24, 2.45) is 0 Å². The first-order chi connectivity index (χ1) is 10.8. The van der Waals surface area contributed by atoms with Gasteiger partial charge < -0.3 is 10.2 Å². The van der Waals surface area contributed by atoms with Gasteiger partial charge >= 0.3 is 0 Å². The van der Waals surface area contributed by atoms with E-state index in [9.17, 15) is 4.79 Å². The van der Waals surface area contributed by atoms with Gasteiger partial charge in [0.25, 0.3) is 5.91 Å².